The van der Waals surface area contributed by atoms with Crippen molar-refractivity contribution >= 4 is 22.7 Å². The highest BCUT2D eigenvalue weighted by molar-refractivity contribution is 7.98. The van der Waals surface area contributed by atoms with Gasteiger partial charge in [0.05, 0.1) is 0 Å². The number of hydrogen-bond donors (Lipinski definition) is 0. The fraction of sp³-hybridized carbons (Fsp3) is 0.179. The molecule has 5 nitrogen and oxygen atoms in total. The summed E-state index contributed by atoms with van der Waals surface area (Å²) >= 11 is 1.56. The van der Waals surface area contributed by atoms with Gasteiger partial charge in [-0.05, 0) is 53.8 Å². The number of aryl methyl sites for hydroxylation is 1. The molecule has 2 aromatic heterocycles. The van der Waals surface area contributed by atoms with Crippen LogP contribution in [0.3, 0.4) is 0 Å². The first-order valence-corrected chi connectivity index (χ1v) is 12.3. The van der Waals surface area contributed by atoms with E-state index < -0.39 is 0 Å². The van der Waals surface area contributed by atoms with Crippen LogP contribution in [0.1, 0.15) is 36.5 Å². The summed E-state index contributed by atoms with van der Waals surface area (Å²) < 4.78 is 7.59. The van der Waals surface area contributed by atoms with Crippen LogP contribution in [0.4, 0.5) is 0 Å². The lowest BCUT2D eigenvalue weighted by atomic mass is 9.95. The molecule has 0 radical (unpaired) electrons. The van der Waals surface area contributed by atoms with Crippen LogP contribution in [0.2, 0.25) is 0 Å². The summed E-state index contributed by atoms with van der Waals surface area (Å²) in [6, 6.07) is 25.9. The van der Waals surface area contributed by atoms with Crippen molar-refractivity contribution in [1.29, 1.82) is 0 Å². The molecule has 5 rings (SSSR count). The van der Waals surface area contributed by atoms with Crippen LogP contribution in [-0.4, -0.2) is 14.8 Å². The second-order valence-corrected chi connectivity index (χ2v) is 9.52. The second kappa shape index (κ2) is 9.31. The van der Waals surface area contributed by atoms with Crippen molar-refractivity contribution in [2.75, 3.05) is 0 Å². The number of aromatic nitrogens is 3. The van der Waals surface area contributed by atoms with E-state index in [9.17, 15) is 4.79 Å². The second-order valence-electron chi connectivity index (χ2n) is 8.58. The van der Waals surface area contributed by atoms with Crippen LogP contribution in [0, 0.1) is 6.92 Å². The molecule has 0 aliphatic carbocycles. The van der Waals surface area contributed by atoms with E-state index in [1.54, 1.807) is 17.8 Å². The van der Waals surface area contributed by atoms with Gasteiger partial charge in [-0.25, -0.2) is 4.79 Å². The van der Waals surface area contributed by atoms with E-state index in [2.05, 4.69) is 41.6 Å². The van der Waals surface area contributed by atoms with Gasteiger partial charge in [0.25, 0.3) is 0 Å². The molecular weight excluding hydrogens is 442 g/mol. The van der Waals surface area contributed by atoms with Crippen LogP contribution in [0.15, 0.2) is 93.2 Å². The van der Waals surface area contributed by atoms with Crippen LogP contribution >= 0.6 is 11.8 Å². The number of thioether (sulfide) groups is 1. The van der Waals surface area contributed by atoms with Crippen molar-refractivity contribution in [3.05, 3.63) is 106 Å². The SMILES string of the molecule is Cc1cc2oc(=O)cc(CSc3nnc(-c4ccccc4)n3-c3ccccc3)c2cc1C(C)C. The predicted molar refractivity (Wildman–Crippen MR) is 138 cm³/mol. The van der Waals surface area contributed by atoms with Crippen molar-refractivity contribution in [1.82, 2.24) is 14.8 Å². The zero-order chi connectivity index (χ0) is 23.7. The molecule has 3 aromatic carbocycles. The summed E-state index contributed by atoms with van der Waals surface area (Å²) in [6.45, 7) is 6.41. The molecule has 0 unspecified atom stereocenters. The van der Waals surface area contributed by atoms with Crippen LogP contribution in [0.25, 0.3) is 28.0 Å². The average molecular weight is 468 g/mol. The van der Waals surface area contributed by atoms with E-state index in [1.165, 1.54) is 5.56 Å². The molecule has 6 heteroatoms. The minimum atomic E-state index is -0.339. The number of benzene rings is 3. The first-order chi connectivity index (χ1) is 16.5. The summed E-state index contributed by atoms with van der Waals surface area (Å²) in [5.41, 5.74) is 5.59. The third kappa shape index (κ3) is 4.29. The molecule has 0 bridgehead atoms. The quantitative estimate of drug-likeness (QED) is 0.204. The Bertz CT molecular complexity index is 1510. The highest BCUT2D eigenvalue weighted by Crippen LogP contribution is 2.32. The molecular formula is C28H25N3O2S. The third-order valence-corrected chi connectivity index (χ3v) is 6.85. The molecule has 5 aromatic rings. The third-order valence-electron chi connectivity index (χ3n) is 5.88. The summed E-state index contributed by atoms with van der Waals surface area (Å²) in [6.07, 6.45) is 0. The molecule has 2 heterocycles. The topological polar surface area (TPSA) is 60.9 Å². The maximum atomic E-state index is 12.3. The smallest absolute Gasteiger partial charge is 0.336 e. The molecule has 0 aliphatic heterocycles. The van der Waals surface area contributed by atoms with Gasteiger partial charge in [0.1, 0.15) is 5.58 Å². The molecule has 34 heavy (non-hydrogen) atoms. The van der Waals surface area contributed by atoms with Gasteiger partial charge in [0.2, 0.25) is 0 Å². The Hall–Kier alpha value is -3.64. The molecule has 0 saturated carbocycles. The molecule has 0 atom stereocenters. The summed E-state index contributed by atoms with van der Waals surface area (Å²) in [4.78, 5) is 12.3. The summed E-state index contributed by atoms with van der Waals surface area (Å²) in [5, 5.41) is 10.8. The van der Waals surface area contributed by atoms with Crippen molar-refractivity contribution < 1.29 is 4.42 Å². The van der Waals surface area contributed by atoms with Crippen molar-refractivity contribution in [3.8, 4) is 17.1 Å². The first-order valence-electron chi connectivity index (χ1n) is 11.3. The maximum absolute atomic E-state index is 12.3. The van der Waals surface area contributed by atoms with E-state index in [0.29, 0.717) is 17.3 Å². The largest absolute Gasteiger partial charge is 0.423 e. The van der Waals surface area contributed by atoms with Gasteiger partial charge in [0, 0.05) is 28.5 Å². The van der Waals surface area contributed by atoms with Crippen molar-refractivity contribution in [3.63, 3.8) is 0 Å². The van der Waals surface area contributed by atoms with E-state index in [1.807, 2.05) is 66.7 Å². The number of nitrogens with zero attached hydrogens (tertiary/aromatic N) is 3. The van der Waals surface area contributed by atoms with E-state index in [4.69, 9.17) is 4.42 Å². The molecule has 0 aliphatic rings. The Morgan fingerprint density at radius 3 is 2.35 bits per heavy atom. The highest BCUT2D eigenvalue weighted by Gasteiger charge is 2.17. The van der Waals surface area contributed by atoms with Gasteiger partial charge >= 0.3 is 5.63 Å². The van der Waals surface area contributed by atoms with Gasteiger partial charge in [-0.1, -0.05) is 74.1 Å². The van der Waals surface area contributed by atoms with Crippen LogP contribution in [-0.2, 0) is 5.75 Å². The van der Waals surface area contributed by atoms with E-state index in [-0.39, 0.29) is 5.63 Å². The fourth-order valence-corrected chi connectivity index (χ4v) is 5.17. The van der Waals surface area contributed by atoms with Crippen LogP contribution in [0.5, 0.6) is 0 Å². The highest BCUT2D eigenvalue weighted by atomic mass is 32.2. The standard InChI is InChI=1S/C28H25N3O2S/c1-18(2)23-16-24-21(15-26(32)33-25(24)14-19(23)3)17-34-28-30-29-27(20-10-6-4-7-11-20)31(28)22-12-8-5-9-13-22/h4-16,18H,17H2,1-3H3. The predicted octanol–water partition coefficient (Wildman–Crippen LogP) is 6.76. The minimum Gasteiger partial charge on any atom is -0.423 e. The summed E-state index contributed by atoms with van der Waals surface area (Å²) in [7, 11) is 0. The molecule has 0 fully saturated rings. The average Bonchev–Trinajstić information content (AvgIpc) is 3.27. The Balaban J connectivity index is 1.57. The lowest BCUT2D eigenvalue weighted by molar-refractivity contribution is 0.559. The Morgan fingerprint density at radius 2 is 1.65 bits per heavy atom. The molecule has 0 saturated heterocycles. The number of para-hydroxylation sites is 1. The zero-order valence-electron chi connectivity index (χ0n) is 19.4. The van der Waals surface area contributed by atoms with E-state index >= 15 is 0 Å². The number of hydrogen-bond acceptors (Lipinski definition) is 5. The Labute approximate surface area is 202 Å². The van der Waals surface area contributed by atoms with E-state index in [0.717, 1.165) is 38.7 Å². The molecule has 170 valence electrons. The number of rotatable bonds is 6. The lowest BCUT2D eigenvalue weighted by Gasteiger charge is -2.13. The van der Waals surface area contributed by atoms with Gasteiger partial charge in [-0.2, -0.15) is 0 Å². The van der Waals surface area contributed by atoms with Gasteiger partial charge in [0.15, 0.2) is 11.0 Å². The normalized spacial score (nSPS) is 11.4. The van der Waals surface area contributed by atoms with Crippen LogP contribution < -0.4 is 5.63 Å². The lowest BCUT2D eigenvalue weighted by Crippen LogP contribution is -2.03. The maximum Gasteiger partial charge on any atom is 0.336 e. The van der Waals surface area contributed by atoms with Crippen molar-refractivity contribution in [2.24, 2.45) is 0 Å². The summed E-state index contributed by atoms with van der Waals surface area (Å²) in [5.74, 6) is 1.73. The number of fused-ring (bicyclic) bond motifs is 1. The van der Waals surface area contributed by atoms with Gasteiger partial charge in [-0.3, -0.25) is 4.57 Å². The van der Waals surface area contributed by atoms with Crippen molar-refractivity contribution in [2.45, 2.75) is 37.6 Å². The molecule has 0 amide bonds. The zero-order valence-corrected chi connectivity index (χ0v) is 20.2. The van der Waals surface area contributed by atoms with Gasteiger partial charge < -0.3 is 4.42 Å². The fourth-order valence-electron chi connectivity index (χ4n) is 4.22. The monoisotopic (exact) mass is 467 g/mol. The first kappa shape index (κ1) is 22.2. The Kier molecular flexibility index (Phi) is 6.07. The molecule has 0 spiro atoms. The Morgan fingerprint density at radius 1 is 0.941 bits per heavy atom. The minimum absolute atomic E-state index is 0.339. The molecule has 0 N–H and O–H groups in total. The van der Waals surface area contributed by atoms with Gasteiger partial charge in [-0.15, -0.1) is 10.2 Å².